The van der Waals surface area contributed by atoms with Gasteiger partial charge in [-0.1, -0.05) is 19.1 Å². The van der Waals surface area contributed by atoms with Crippen LogP contribution in [-0.4, -0.2) is 69.4 Å². The van der Waals surface area contributed by atoms with E-state index >= 15 is 0 Å². The van der Waals surface area contributed by atoms with Gasteiger partial charge >= 0.3 is 0 Å². The van der Waals surface area contributed by atoms with Gasteiger partial charge in [-0.2, -0.15) is 5.10 Å². The minimum absolute atomic E-state index is 0.00279. The third-order valence-electron chi connectivity index (χ3n) is 4.71. The molecule has 0 radical (unpaired) electrons. The molecule has 2 aromatic rings. The summed E-state index contributed by atoms with van der Waals surface area (Å²) in [6, 6.07) is 7.20. The van der Waals surface area contributed by atoms with Gasteiger partial charge < -0.3 is 10.0 Å². The van der Waals surface area contributed by atoms with E-state index in [0.717, 1.165) is 19.5 Å². The Labute approximate surface area is 146 Å². The molecule has 0 aliphatic carbocycles. The second kappa shape index (κ2) is 7.76. The van der Waals surface area contributed by atoms with Gasteiger partial charge in [-0.3, -0.25) is 19.2 Å². The molecule has 1 aromatic carbocycles. The number of amides is 1. The molecule has 134 valence electrons. The lowest BCUT2D eigenvalue weighted by atomic mass is 10.2. The minimum Gasteiger partial charge on any atom is -0.392 e. The summed E-state index contributed by atoms with van der Waals surface area (Å²) in [5.41, 5.74) is 0.537. The fraction of sp³-hybridized carbons (Fsp3) is 0.500. The van der Waals surface area contributed by atoms with Crippen LogP contribution in [0.25, 0.3) is 10.9 Å². The molecule has 7 nitrogen and oxygen atoms in total. The second-order valence-electron chi connectivity index (χ2n) is 6.43. The molecule has 1 fully saturated rings. The number of carbonyl (C=O) groups excluding carboxylic acids is 1. The van der Waals surface area contributed by atoms with E-state index in [2.05, 4.69) is 10.00 Å². The zero-order chi connectivity index (χ0) is 17.8. The van der Waals surface area contributed by atoms with Crippen molar-refractivity contribution in [3.05, 3.63) is 40.7 Å². The van der Waals surface area contributed by atoms with Crippen LogP contribution in [0.2, 0.25) is 0 Å². The molecule has 1 aliphatic heterocycles. The van der Waals surface area contributed by atoms with Crippen LogP contribution in [0, 0.1) is 0 Å². The highest BCUT2D eigenvalue weighted by molar-refractivity contribution is 5.81. The average Bonchev–Trinajstić information content (AvgIpc) is 2.64. The number of nitrogens with zero attached hydrogens (tertiary/aromatic N) is 4. The van der Waals surface area contributed by atoms with Crippen LogP contribution < -0.4 is 5.43 Å². The summed E-state index contributed by atoms with van der Waals surface area (Å²) in [5.74, 6) is -0.00279. The van der Waals surface area contributed by atoms with Crippen molar-refractivity contribution in [1.29, 1.82) is 0 Å². The Morgan fingerprint density at radius 1 is 1.24 bits per heavy atom. The molecule has 7 heteroatoms. The van der Waals surface area contributed by atoms with Crippen molar-refractivity contribution in [2.75, 3.05) is 32.7 Å². The highest BCUT2D eigenvalue weighted by Crippen LogP contribution is 2.10. The number of aliphatic hydroxyl groups is 1. The van der Waals surface area contributed by atoms with Crippen molar-refractivity contribution in [1.82, 2.24) is 19.6 Å². The lowest BCUT2D eigenvalue weighted by molar-refractivity contribution is -0.133. The molecule has 1 saturated heterocycles. The summed E-state index contributed by atoms with van der Waals surface area (Å²) in [5, 5.41) is 14.4. The number of benzene rings is 1. The molecule has 1 N–H and O–H groups in total. The van der Waals surface area contributed by atoms with Crippen LogP contribution in [-0.2, 0) is 11.3 Å². The summed E-state index contributed by atoms with van der Waals surface area (Å²) in [6.45, 7) is 5.57. The maximum absolute atomic E-state index is 12.6. The summed E-state index contributed by atoms with van der Waals surface area (Å²) in [6.07, 6.45) is 1.70. The van der Waals surface area contributed by atoms with Crippen LogP contribution in [0.15, 0.2) is 35.3 Å². The van der Waals surface area contributed by atoms with Gasteiger partial charge in [0.15, 0.2) is 0 Å². The van der Waals surface area contributed by atoms with E-state index in [0.29, 0.717) is 30.5 Å². The summed E-state index contributed by atoms with van der Waals surface area (Å²) in [7, 11) is 0. The van der Waals surface area contributed by atoms with Crippen molar-refractivity contribution >= 4 is 16.8 Å². The SMILES string of the molecule is CCC(O)CN1CCN(C(=O)Cn2ncc(=O)c3ccccc32)CC1. The van der Waals surface area contributed by atoms with E-state index in [4.69, 9.17) is 0 Å². The van der Waals surface area contributed by atoms with Gasteiger partial charge in [-0.15, -0.1) is 0 Å². The Kier molecular flexibility index (Phi) is 5.45. The van der Waals surface area contributed by atoms with E-state index < -0.39 is 0 Å². The minimum atomic E-state index is -0.307. The molecule has 2 heterocycles. The molecule has 1 aromatic heterocycles. The number of rotatable bonds is 5. The molecular formula is C18H24N4O3. The molecule has 0 spiro atoms. The monoisotopic (exact) mass is 344 g/mol. The lowest BCUT2D eigenvalue weighted by Gasteiger charge is -2.35. The van der Waals surface area contributed by atoms with Crippen molar-refractivity contribution in [3.63, 3.8) is 0 Å². The van der Waals surface area contributed by atoms with Gasteiger partial charge in [0.05, 0.1) is 17.8 Å². The first-order valence-corrected chi connectivity index (χ1v) is 8.71. The Balaban J connectivity index is 1.64. The van der Waals surface area contributed by atoms with Crippen LogP contribution in [0.1, 0.15) is 13.3 Å². The summed E-state index contributed by atoms with van der Waals surface area (Å²) in [4.78, 5) is 28.5. The number of aliphatic hydroxyl groups excluding tert-OH is 1. The molecule has 25 heavy (non-hydrogen) atoms. The largest absolute Gasteiger partial charge is 0.392 e. The van der Waals surface area contributed by atoms with Gasteiger partial charge in [-0.25, -0.2) is 0 Å². The van der Waals surface area contributed by atoms with Crippen LogP contribution in [0.4, 0.5) is 0 Å². The summed E-state index contributed by atoms with van der Waals surface area (Å²) < 4.78 is 1.59. The zero-order valence-electron chi connectivity index (χ0n) is 14.5. The van der Waals surface area contributed by atoms with Gasteiger partial charge in [0.1, 0.15) is 6.54 Å². The number of piperazine rings is 1. The van der Waals surface area contributed by atoms with Crippen molar-refractivity contribution < 1.29 is 9.90 Å². The number of fused-ring (bicyclic) bond motifs is 1. The number of aromatic nitrogens is 2. The molecule has 1 aliphatic rings. The summed E-state index contributed by atoms with van der Waals surface area (Å²) >= 11 is 0. The van der Waals surface area contributed by atoms with Crippen molar-refractivity contribution in [2.45, 2.75) is 26.0 Å². The van der Waals surface area contributed by atoms with Crippen LogP contribution >= 0.6 is 0 Å². The highest BCUT2D eigenvalue weighted by Gasteiger charge is 2.22. The first-order chi connectivity index (χ1) is 12.1. The first kappa shape index (κ1) is 17.6. The number of hydrogen-bond donors (Lipinski definition) is 1. The second-order valence-corrected chi connectivity index (χ2v) is 6.43. The molecule has 3 rings (SSSR count). The topological polar surface area (TPSA) is 78.7 Å². The predicted octanol–water partition coefficient (Wildman–Crippen LogP) is 0.312. The molecular weight excluding hydrogens is 320 g/mol. The smallest absolute Gasteiger partial charge is 0.244 e. The first-order valence-electron chi connectivity index (χ1n) is 8.71. The maximum atomic E-state index is 12.6. The third kappa shape index (κ3) is 4.05. The van der Waals surface area contributed by atoms with Gasteiger partial charge in [-0.05, 0) is 18.6 Å². The van der Waals surface area contributed by atoms with Crippen molar-refractivity contribution in [3.8, 4) is 0 Å². The Morgan fingerprint density at radius 2 is 1.96 bits per heavy atom. The Morgan fingerprint density at radius 3 is 2.68 bits per heavy atom. The van der Waals surface area contributed by atoms with E-state index in [9.17, 15) is 14.7 Å². The normalized spacial score (nSPS) is 17.0. The van der Waals surface area contributed by atoms with Gasteiger partial charge in [0, 0.05) is 38.1 Å². The number of carbonyl (C=O) groups is 1. The number of para-hydroxylation sites is 1. The van der Waals surface area contributed by atoms with Crippen LogP contribution in [0.3, 0.4) is 0 Å². The lowest BCUT2D eigenvalue weighted by Crippen LogP contribution is -2.51. The average molecular weight is 344 g/mol. The van der Waals surface area contributed by atoms with E-state index in [1.807, 2.05) is 17.9 Å². The van der Waals surface area contributed by atoms with E-state index in [1.54, 1.807) is 22.9 Å². The zero-order valence-corrected chi connectivity index (χ0v) is 14.5. The van der Waals surface area contributed by atoms with Crippen LogP contribution in [0.5, 0.6) is 0 Å². The number of β-amino-alcohol motifs (C(OH)–C–C–N with tert-alkyl or cyclic N) is 1. The van der Waals surface area contributed by atoms with E-state index in [1.165, 1.54) is 6.20 Å². The predicted molar refractivity (Wildman–Crippen MR) is 95.3 cm³/mol. The fourth-order valence-electron chi connectivity index (χ4n) is 3.12. The van der Waals surface area contributed by atoms with E-state index in [-0.39, 0.29) is 24.0 Å². The molecule has 1 unspecified atom stereocenters. The molecule has 1 amide bonds. The third-order valence-corrected chi connectivity index (χ3v) is 4.71. The fourth-order valence-corrected chi connectivity index (χ4v) is 3.12. The Hall–Kier alpha value is -2.25. The molecule has 0 bridgehead atoms. The molecule has 1 atom stereocenters. The standard InChI is InChI=1S/C18H24N4O3/c1-2-14(23)12-20-7-9-21(10-8-20)18(25)13-22-16-6-4-3-5-15(16)17(24)11-19-22/h3-6,11,14,23H,2,7-10,12-13H2,1H3. The van der Waals surface area contributed by atoms with Gasteiger partial charge in [0.2, 0.25) is 11.3 Å². The number of hydrogen-bond acceptors (Lipinski definition) is 5. The highest BCUT2D eigenvalue weighted by atomic mass is 16.3. The Bertz CT molecular complexity index is 796. The van der Waals surface area contributed by atoms with Crippen molar-refractivity contribution in [2.24, 2.45) is 0 Å². The quantitative estimate of drug-likeness (QED) is 0.845. The maximum Gasteiger partial charge on any atom is 0.244 e. The molecule has 0 saturated carbocycles. The van der Waals surface area contributed by atoms with Gasteiger partial charge in [0.25, 0.3) is 0 Å².